The molecule has 0 bridgehead atoms. The van der Waals surface area contributed by atoms with Gasteiger partial charge in [0.25, 0.3) is 0 Å². The van der Waals surface area contributed by atoms with E-state index in [1.807, 2.05) is 6.92 Å². The first kappa shape index (κ1) is 15.8. The van der Waals surface area contributed by atoms with Crippen molar-refractivity contribution < 1.29 is 9.47 Å². The van der Waals surface area contributed by atoms with Crippen LogP contribution < -0.4 is 4.90 Å². The molecule has 7 heteroatoms. The Hall–Kier alpha value is -1.05. The van der Waals surface area contributed by atoms with Crippen LogP contribution in [0.2, 0.25) is 0 Å². The fourth-order valence-corrected chi connectivity index (χ4v) is 3.51. The van der Waals surface area contributed by atoms with Crippen LogP contribution in [0.3, 0.4) is 0 Å². The SMILES string of the molecule is C=C(C)CSc1nnc(N2CCOCC2)n1CC1CCCO1. The lowest BCUT2D eigenvalue weighted by molar-refractivity contribution is 0.0942. The summed E-state index contributed by atoms with van der Waals surface area (Å²) in [5.74, 6) is 1.82. The molecule has 1 aromatic rings. The summed E-state index contributed by atoms with van der Waals surface area (Å²) < 4.78 is 13.5. The molecule has 2 aliphatic heterocycles. The summed E-state index contributed by atoms with van der Waals surface area (Å²) in [5, 5.41) is 9.80. The van der Waals surface area contributed by atoms with E-state index in [1.54, 1.807) is 11.8 Å². The lowest BCUT2D eigenvalue weighted by Gasteiger charge is -2.28. The van der Waals surface area contributed by atoms with E-state index in [2.05, 4.69) is 26.2 Å². The van der Waals surface area contributed by atoms with Gasteiger partial charge in [-0.1, -0.05) is 23.9 Å². The van der Waals surface area contributed by atoms with Gasteiger partial charge in [0.15, 0.2) is 5.16 Å². The van der Waals surface area contributed by atoms with E-state index in [4.69, 9.17) is 9.47 Å². The van der Waals surface area contributed by atoms with Crippen LogP contribution in [0.5, 0.6) is 0 Å². The smallest absolute Gasteiger partial charge is 0.228 e. The highest BCUT2D eigenvalue weighted by atomic mass is 32.2. The number of aromatic nitrogens is 3. The molecule has 22 heavy (non-hydrogen) atoms. The van der Waals surface area contributed by atoms with Crippen LogP contribution >= 0.6 is 11.8 Å². The zero-order chi connectivity index (χ0) is 15.4. The van der Waals surface area contributed by atoms with Crippen LogP contribution in [-0.2, 0) is 16.0 Å². The van der Waals surface area contributed by atoms with E-state index in [9.17, 15) is 0 Å². The minimum atomic E-state index is 0.278. The molecule has 3 rings (SSSR count). The Labute approximate surface area is 135 Å². The molecular formula is C15H24N4O2S. The van der Waals surface area contributed by atoms with Gasteiger partial charge in [0.2, 0.25) is 5.95 Å². The van der Waals surface area contributed by atoms with Gasteiger partial charge >= 0.3 is 0 Å². The van der Waals surface area contributed by atoms with Gasteiger partial charge in [0, 0.05) is 25.4 Å². The van der Waals surface area contributed by atoms with Crippen LogP contribution in [0, 0.1) is 0 Å². The number of hydrogen-bond donors (Lipinski definition) is 0. The largest absolute Gasteiger partial charge is 0.378 e. The topological polar surface area (TPSA) is 52.4 Å². The molecule has 0 radical (unpaired) electrons. The van der Waals surface area contributed by atoms with E-state index in [0.717, 1.165) is 74.7 Å². The van der Waals surface area contributed by atoms with Crippen molar-refractivity contribution in [1.82, 2.24) is 14.8 Å². The van der Waals surface area contributed by atoms with E-state index in [0.29, 0.717) is 0 Å². The number of hydrogen-bond acceptors (Lipinski definition) is 6. The standard InChI is InChI=1S/C15H24N4O2S/c1-12(2)11-22-15-17-16-14(18-5-8-20-9-6-18)19(15)10-13-4-3-7-21-13/h13H,1,3-11H2,2H3. The van der Waals surface area contributed by atoms with E-state index < -0.39 is 0 Å². The number of anilines is 1. The van der Waals surface area contributed by atoms with Gasteiger partial charge in [0.05, 0.1) is 25.9 Å². The molecule has 0 N–H and O–H groups in total. The molecule has 6 nitrogen and oxygen atoms in total. The maximum absolute atomic E-state index is 5.80. The van der Waals surface area contributed by atoms with Crippen LogP contribution in [0.4, 0.5) is 5.95 Å². The molecule has 122 valence electrons. The number of nitrogens with zero attached hydrogens (tertiary/aromatic N) is 4. The molecule has 0 saturated carbocycles. The molecule has 1 atom stereocenters. The zero-order valence-electron chi connectivity index (χ0n) is 13.2. The quantitative estimate of drug-likeness (QED) is 0.589. The molecule has 2 fully saturated rings. The molecule has 0 spiro atoms. The zero-order valence-corrected chi connectivity index (χ0v) is 14.0. The third-order valence-corrected chi connectivity index (χ3v) is 5.05. The Kier molecular flexibility index (Phi) is 5.38. The highest BCUT2D eigenvalue weighted by Crippen LogP contribution is 2.26. The average Bonchev–Trinajstić information content (AvgIpc) is 3.16. The summed E-state index contributed by atoms with van der Waals surface area (Å²) in [6, 6.07) is 0. The van der Waals surface area contributed by atoms with Gasteiger partial charge in [-0.05, 0) is 19.8 Å². The fourth-order valence-electron chi connectivity index (χ4n) is 2.72. The summed E-state index contributed by atoms with van der Waals surface area (Å²) in [6.07, 6.45) is 2.54. The van der Waals surface area contributed by atoms with Crippen molar-refractivity contribution in [3.8, 4) is 0 Å². The molecule has 1 unspecified atom stereocenters. The molecule has 0 amide bonds. The Bertz CT molecular complexity index is 508. The van der Waals surface area contributed by atoms with Gasteiger partial charge in [-0.15, -0.1) is 10.2 Å². The van der Waals surface area contributed by atoms with E-state index in [1.165, 1.54) is 0 Å². The summed E-state index contributed by atoms with van der Waals surface area (Å²) >= 11 is 1.70. The van der Waals surface area contributed by atoms with Crippen molar-refractivity contribution in [3.05, 3.63) is 12.2 Å². The first-order chi connectivity index (χ1) is 10.7. The minimum Gasteiger partial charge on any atom is -0.378 e. The summed E-state index contributed by atoms with van der Waals surface area (Å²) in [7, 11) is 0. The number of ether oxygens (including phenoxy) is 2. The first-order valence-corrected chi connectivity index (χ1v) is 8.87. The maximum atomic E-state index is 5.80. The Morgan fingerprint density at radius 3 is 2.82 bits per heavy atom. The molecule has 2 aliphatic rings. The second-order valence-corrected chi connectivity index (χ2v) is 6.82. The monoisotopic (exact) mass is 324 g/mol. The first-order valence-electron chi connectivity index (χ1n) is 7.88. The van der Waals surface area contributed by atoms with Gasteiger partial charge in [-0.25, -0.2) is 0 Å². The van der Waals surface area contributed by atoms with Crippen molar-refractivity contribution >= 4 is 17.7 Å². The van der Waals surface area contributed by atoms with Gasteiger partial charge in [0.1, 0.15) is 0 Å². The van der Waals surface area contributed by atoms with Gasteiger partial charge in [-0.3, -0.25) is 4.57 Å². The number of rotatable bonds is 6. The predicted octanol–water partition coefficient (Wildman–Crippen LogP) is 1.96. The van der Waals surface area contributed by atoms with Crippen molar-refractivity contribution in [1.29, 1.82) is 0 Å². The van der Waals surface area contributed by atoms with Crippen molar-refractivity contribution in [2.75, 3.05) is 43.6 Å². The summed E-state index contributed by atoms with van der Waals surface area (Å²) in [5.41, 5.74) is 1.14. The van der Waals surface area contributed by atoms with Crippen LogP contribution in [-0.4, -0.2) is 59.5 Å². The predicted molar refractivity (Wildman–Crippen MR) is 87.6 cm³/mol. The molecule has 0 aromatic carbocycles. The number of thioether (sulfide) groups is 1. The minimum absolute atomic E-state index is 0.278. The molecule has 0 aliphatic carbocycles. The third kappa shape index (κ3) is 3.83. The van der Waals surface area contributed by atoms with Crippen LogP contribution in [0.25, 0.3) is 0 Å². The highest BCUT2D eigenvalue weighted by Gasteiger charge is 2.24. The van der Waals surface area contributed by atoms with Crippen LogP contribution in [0.15, 0.2) is 17.3 Å². The Morgan fingerprint density at radius 1 is 1.32 bits per heavy atom. The molecule has 2 saturated heterocycles. The van der Waals surface area contributed by atoms with Crippen molar-refractivity contribution in [2.24, 2.45) is 0 Å². The van der Waals surface area contributed by atoms with Crippen molar-refractivity contribution in [3.63, 3.8) is 0 Å². The third-order valence-electron chi connectivity index (χ3n) is 3.85. The fraction of sp³-hybridized carbons (Fsp3) is 0.733. The highest BCUT2D eigenvalue weighted by molar-refractivity contribution is 7.99. The second kappa shape index (κ2) is 7.48. The summed E-state index contributed by atoms with van der Waals surface area (Å²) in [6.45, 7) is 11.0. The Balaban J connectivity index is 1.78. The maximum Gasteiger partial charge on any atom is 0.228 e. The number of morpholine rings is 1. The normalized spacial score (nSPS) is 22.2. The molecule has 3 heterocycles. The van der Waals surface area contributed by atoms with Gasteiger partial charge in [-0.2, -0.15) is 0 Å². The van der Waals surface area contributed by atoms with Gasteiger partial charge < -0.3 is 14.4 Å². The van der Waals surface area contributed by atoms with E-state index >= 15 is 0 Å². The second-order valence-electron chi connectivity index (χ2n) is 5.87. The molecule has 1 aromatic heterocycles. The summed E-state index contributed by atoms with van der Waals surface area (Å²) in [4.78, 5) is 2.26. The Morgan fingerprint density at radius 2 is 2.14 bits per heavy atom. The average molecular weight is 324 g/mol. The lowest BCUT2D eigenvalue weighted by atomic mass is 10.2. The van der Waals surface area contributed by atoms with Crippen LogP contribution in [0.1, 0.15) is 19.8 Å². The van der Waals surface area contributed by atoms with E-state index in [-0.39, 0.29) is 6.10 Å². The molecular weight excluding hydrogens is 300 g/mol. The lowest BCUT2D eigenvalue weighted by Crippen LogP contribution is -2.38. The van der Waals surface area contributed by atoms with Crippen molar-refractivity contribution in [2.45, 2.75) is 37.6 Å².